The van der Waals surface area contributed by atoms with Crippen molar-refractivity contribution in [2.24, 2.45) is 0 Å². The Morgan fingerprint density at radius 3 is 2.68 bits per heavy atom. The first-order valence-electron chi connectivity index (χ1n) is 6.05. The molecular formula is C14H16N2O3. The summed E-state index contributed by atoms with van der Waals surface area (Å²) >= 11 is 0. The zero-order chi connectivity index (χ0) is 14.2. The molecule has 0 fully saturated rings. The van der Waals surface area contributed by atoms with Crippen LogP contribution < -0.4 is 9.80 Å². The van der Waals surface area contributed by atoms with Gasteiger partial charge in [-0.2, -0.15) is 0 Å². The lowest BCUT2D eigenvalue weighted by Gasteiger charge is -2.18. The topological polar surface area (TPSA) is 57.7 Å². The van der Waals surface area contributed by atoms with E-state index >= 15 is 0 Å². The molecule has 5 heteroatoms. The van der Waals surface area contributed by atoms with Crippen molar-refractivity contribution in [2.45, 2.75) is 19.8 Å². The molecule has 0 N–H and O–H groups in total. The summed E-state index contributed by atoms with van der Waals surface area (Å²) in [5.41, 5.74) is 2.49. The molecule has 1 aliphatic heterocycles. The molecule has 1 aromatic carbocycles. The number of carbonyl (C=O) groups excluding carboxylic acids is 3. The highest BCUT2D eigenvalue weighted by Crippen LogP contribution is 2.31. The summed E-state index contributed by atoms with van der Waals surface area (Å²) in [6, 6.07) is 5.44. The Balaban J connectivity index is 2.24. The number of hydrogen-bond acceptors (Lipinski definition) is 3. The van der Waals surface area contributed by atoms with Crippen LogP contribution in [0.4, 0.5) is 11.4 Å². The maximum Gasteiger partial charge on any atom is 0.234 e. The Morgan fingerprint density at radius 1 is 1.37 bits per heavy atom. The molecule has 5 nitrogen and oxygen atoms in total. The van der Waals surface area contributed by atoms with E-state index in [4.69, 9.17) is 0 Å². The first kappa shape index (κ1) is 13.3. The minimum Gasteiger partial charge on any atom is -0.315 e. The molecule has 1 aromatic rings. The first-order chi connectivity index (χ1) is 8.90. The number of likely N-dealkylation sites (N-methyl/N-ethyl adjacent to an activating group) is 1. The molecule has 0 radical (unpaired) electrons. The number of nitrogens with zero attached hydrogens (tertiary/aromatic N) is 2. The van der Waals surface area contributed by atoms with E-state index in [1.165, 1.54) is 11.8 Å². The van der Waals surface area contributed by atoms with Crippen LogP contribution in [0.3, 0.4) is 0 Å². The Morgan fingerprint density at radius 2 is 2.05 bits per heavy atom. The predicted molar refractivity (Wildman–Crippen MR) is 72.3 cm³/mol. The maximum atomic E-state index is 11.8. The van der Waals surface area contributed by atoms with E-state index in [2.05, 4.69) is 0 Å². The van der Waals surface area contributed by atoms with E-state index in [9.17, 15) is 14.4 Å². The van der Waals surface area contributed by atoms with E-state index < -0.39 is 0 Å². The first-order valence-corrected chi connectivity index (χ1v) is 6.05. The van der Waals surface area contributed by atoms with E-state index in [0.717, 1.165) is 11.3 Å². The normalized spacial score (nSPS) is 13.4. The summed E-state index contributed by atoms with van der Waals surface area (Å²) in [6.07, 6.45) is 0.251. The maximum absolute atomic E-state index is 11.8. The molecule has 1 aliphatic rings. The van der Waals surface area contributed by atoms with Gasteiger partial charge in [-0.15, -0.1) is 0 Å². The summed E-state index contributed by atoms with van der Waals surface area (Å²) in [5.74, 6) is -0.358. The molecule has 0 aromatic heterocycles. The number of Topliss-reactive ketones (excluding diaryl/α,β-unsaturated/α-hetero) is 1. The van der Waals surface area contributed by atoms with Gasteiger partial charge in [-0.25, -0.2) is 0 Å². The quantitative estimate of drug-likeness (QED) is 0.766. The summed E-state index contributed by atoms with van der Waals surface area (Å²) in [4.78, 5) is 37.4. The fourth-order valence-corrected chi connectivity index (χ4v) is 2.14. The van der Waals surface area contributed by atoms with Crippen molar-refractivity contribution in [3.63, 3.8) is 0 Å². The molecule has 19 heavy (non-hydrogen) atoms. The lowest BCUT2D eigenvalue weighted by molar-refractivity contribution is -0.125. The van der Waals surface area contributed by atoms with Crippen LogP contribution in [-0.4, -0.2) is 31.7 Å². The molecule has 0 aliphatic carbocycles. The second-order valence-corrected chi connectivity index (χ2v) is 4.77. The average molecular weight is 260 g/mol. The minimum absolute atomic E-state index is 0.0462. The molecule has 0 saturated carbocycles. The van der Waals surface area contributed by atoms with Crippen LogP contribution in [0.5, 0.6) is 0 Å². The van der Waals surface area contributed by atoms with Crippen molar-refractivity contribution in [1.82, 2.24) is 0 Å². The lowest BCUT2D eigenvalue weighted by Crippen LogP contribution is -2.27. The van der Waals surface area contributed by atoms with Crippen molar-refractivity contribution in [2.75, 3.05) is 23.9 Å². The molecule has 100 valence electrons. The molecular weight excluding hydrogens is 244 g/mol. The smallest absolute Gasteiger partial charge is 0.234 e. The number of benzene rings is 1. The molecule has 0 saturated heterocycles. The van der Waals surface area contributed by atoms with E-state index in [-0.39, 0.29) is 24.0 Å². The van der Waals surface area contributed by atoms with Crippen molar-refractivity contribution in [1.29, 1.82) is 0 Å². The van der Waals surface area contributed by atoms with Gasteiger partial charge in [0.2, 0.25) is 11.8 Å². The molecule has 2 rings (SSSR count). The Labute approximate surface area is 111 Å². The third kappa shape index (κ3) is 2.50. The summed E-state index contributed by atoms with van der Waals surface area (Å²) in [7, 11) is 3.37. The van der Waals surface area contributed by atoms with E-state index in [1.54, 1.807) is 25.1 Å². The number of rotatable bonds is 3. The molecule has 0 spiro atoms. The van der Waals surface area contributed by atoms with Gasteiger partial charge in [-0.3, -0.25) is 14.4 Å². The van der Waals surface area contributed by atoms with E-state index in [1.807, 2.05) is 12.1 Å². The lowest BCUT2D eigenvalue weighted by atomic mass is 10.1. The van der Waals surface area contributed by atoms with Crippen molar-refractivity contribution >= 4 is 29.0 Å². The highest BCUT2D eigenvalue weighted by Gasteiger charge is 2.25. The summed E-state index contributed by atoms with van der Waals surface area (Å²) < 4.78 is 0. The summed E-state index contributed by atoms with van der Waals surface area (Å²) in [6.45, 7) is 1.39. The van der Waals surface area contributed by atoms with Crippen LogP contribution >= 0.6 is 0 Å². The third-order valence-corrected chi connectivity index (χ3v) is 3.30. The van der Waals surface area contributed by atoms with Gasteiger partial charge in [0, 0.05) is 25.5 Å². The van der Waals surface area contributed by atoms with Gasteiger partial charge < -0.3 is 9.80 Å². The van der Waals surface area contributed by atoms with Crippen LogP contribution in [0, 0.1) is 0 Å². The van der Waals surface area contributed by atoms with Gasteiger partial charge in [0.15, 0.2) is 0 Å². The monoisotopic (exact) mass is 260 g/mol. The zero-order valence-corrected chi connectivity index (χ0v) is 11.3. The van der Waals surface area contributed by atoms with Gasteiger partial charge in [-0.05, 0) is 30.7 Å². The summed E-state index contributed by atoms with van der Waals surface area (Å²) in [5, 5.41) is 0. The van der Waals surface area contributed by atoms with Crippen LogP contribution in [0.15, 0.2) is 18.2 Å². The second kappa shape index (κ2) is 4.84. The number of ketones is 1. The predicted octanol–water partition coefficient (Wildman–Crippen LogP) is 1.15. The van der Waals surface area contributed by atoms with Gasteiger partial charge in [0.05, 0.1) is 12.8 Å². The number of anilines is 2. The standard InChI is InChI=1S/C14H16N2O3/c1-9(17)6-13(18)15(2)11-4-5-12-10(7-11)8-14(19)16(12)3/h4-5,7H,6,8H2,1-3H3. The van der Waals surface area contributed by atoms with Gasteiger partial charge in [0.1, 0.15) is 5.78 Å². The average Bonchev–Trinajstić information content (AvgIpc) is 2.63. The minimum atomic E-state index is -0.245. The SMILES string of the molecule is CC(=O)CC(=O)N(C)c1ccc2c(c1)CC(=O)N2C. The Hall–Kier alpha value is -2.17. The van der Waals surface area contributed by atoms with Crippen molar-refractivity contribution in [3.05, 3.63) is 23.8 Å². The largest absolute Gasteiger partial charge is 0.315 e. The molecule has 0 atom stereocenters. The van der Waals surface area contributed by atoms with Gasteiger partial charge in [-0.1, -0.05) is 0 Å². The Kier molecular flexibility index (Phi) is 3.38. The van der Waals surface area contributed by atoms with Crippen LogP contribution in [0.25, 0.3) is 0 Å². The number of carbonyl (C=O) groups is 3. The van der Waals surface area contributed by atoms with Gasteiger partial charge >= 0.3 is 0 Å². The highest BCUT2D eigenvalue weighted by molar-refractivity contribution is 6.05. The van der Waals surface area contributed by atoms with Gasteiger partial charge in [0.25, 0.3) is 0 Å². The van der Waals surface area contributed by atoms with Crippen molar-refractivity contribution < 1.29 is 14.4 Å². The Bertz CT molecular complexity index is 566. The highest BCUT2D eigenvalue weighted by atomic mass is 16.2. The molecule has 2 amide bonds. The fourth-order valence-electron chi connectivity index (χ4n) is 2.14. The molecule has 0 unspecified atom stereocenters. The van der Waals surface area contributed by atoms with Crippen molar-refractivity contribution in [3.8, 4) is 0 Å². The van der Waals surface area contributed by atoms with E-state index in [0.29, 0.717) is 12.1 Å². The van der Waals surface area contributed by atoms with Crippen LogP contribution in [-0.2, 0) is 20.8 Å². The third-order valence-electron chi connectivity index (χ3n) is 3.30. The van der Waals surface area contributed by atoms with Crippen LogP contribution in [0.1, 0.15) is 18.9 Å². The number of fused-ring (bicyclic) bond motifs is 1. The second-order valence-electron chi connectivity index (χ2n) is 4.77. The number of amides is 2. The molecule has 1 heterocycles. The fraction of sp³-hybridized carbons (Fsp3) is 0.357. The number of hydrogen-bond donors (Lipinski definition) is 0. The van der Waals surface area contributed by atoms with Crippen LogP contribution in [0.2, 0.25) is 0 Å². The zero-order valence-electron chi connectivity index (χ0n) is 11.3. The molecule has 0 bridgehead atoms.